The number of rotatable bonds is 1. The zero-order valence-electron chi connectivity index (χ0n) is 11.9. The van der Waals surface area contributed by atoms with E-state index in [0.29, 0.717) is 0 Å². The lowest BCUT2D eigenvalue weighted by Crippen LogP contribution is -1.93. The van der Waals surface area contributed by atoms with Gasteiger partial charge in [-0.3, -0.25) is 0 Å². The van der Waals surface area contributed by atoms with Gasteiger partial charge in [0.25, 0.3) is 0 Å². The van der Waals surface area contributed by atoms with Crippen molar-refractivity contribution in [3.8, 4) is 0 Å². The van der Waals surface area contributed by atoms with Crippen LogP contribution in [-0.4, -0.2) is 0 Å². The summed E-state index contributed by atoms with van der Waals surface area (Å²) < 4.78 is 0. The Morgan fingerprint density at radius 1 is 1.25 bits per heavy atom. The van der Waals surface area contributed by atoms with E-state index in [2.05, 4.69) is 37.8 Å². The van der Waals surface area contributed by atoms with E-state index in [1.807, 2.05) is 34.6 Å². The molecule has 0 nitrogen and oxygen atoms in total. The van der Waals surface area contributed by atoms with Crippen LogP contribution >= 0.6 is 0 Å². The predicted octanol–water partition coefficient (Wildman–Crippen LogP) is 5.84. The normalized spacial score (nSPS) is 17.2. The molecule has 0 heteroatoms. The molecule has 0 radical (unpaired) electrons. The summed E-state index contributed by atoms with van der Waals surface area (Å²) in [5.74, 6) is 0. The van der Waals surface area contributed by atoms with Gasteiger partial charge in [-0.1, -0.05) is 58.6 Å². The molecule has 0 aromatic carbocycles. The smallest absolute Gasteiger partial charge is 0.0204 e. The molecular weight excluding hydrogens is 192 g/mol. The molecule has 1 rings (SSSR count). The third-order valence-electron chi connectivity index (χ3n) is 2.12. The fraction of sp³-hybridized carbons (Fsp3) is 0.500. The molecular formula is C16H28. The van der Waals surface area contributed by atoms with Crippen LogP contribution in [0.15, 0.2) is 47.6 Å². The molecule has 0 aromatic rings. The van der Waals surface area contributed by atoms with E-state index in [-0.39, 0.29) is 0 Å². The molecule has 0 N–H and O–H groups in total. The van der Waals surface area contributed by atoms with Crippen LogP contribution in [0.3, 0.4) is 0 Å². The molecule has 0 spiro atoms. The molecule has 0 heterocycles. The second-order valence-electron chi connectivity index (χ2n) is 3.14. The van der Waals surface area contributed by atoms with Gasteiger partial charge in [-0.25, -0.2) is 0 Å². The van der Waals surface area contributed by atoms with Gasteiger partial charge >= 0.3 is 0 Å². The predicted molar refractivity (Wildman–Crippen MR) is 77.7 cm³/mol. The van der Waals surface area contributed by atoms with E-state index in [0.717, 1.165) is 12.8 Å². The maximum absolute atomic E-state index is 4.06. The first-order valence-electron chi connectivity index (χ1n) is 6.44. The van der Waals surface area contributed by atoms with E-state index in [1.54, 1.807) is 0 Å². The fourth-order valence-electron chi connectivity index (χ4n) is 1.46. The van der Waals surface area contributed by atoms with Crippen LogP contribution in [-0.2, 0) is 0 Å². The Morgan fingerprint density at radius 2 is 1.81 bits per heavy atom. The van der Waals surface area contributed by atoms with Gasteiger partial charge in [-0.15, -0.1) is 0 Å². The molecule has 0 unspecified atom stereocenters. The van der Waals surface area contributed by atoms with Crippen molar-refractivity contribution in [2.45, 2.75) is 54.4 Å². The summed E-state index contributed by atoms with van der Waals surface area (Å²) in [7, 11) is 0. The highest BCUT2D eigenvalue weighted by Crippen LogP contribution is 2.24. The van der Waals surface area contributed by atoms with Gasteiger partial charge in [0.05, 0.1) is 0 Å². The highest BCUT2D eigenvalue weighted by Gasteiger charge is 2.05. The van der Waals surface area contributed by atoms with Gasteiger partial charge in [-0.05, 0) is 43.4 Å². The van der Waals surface area contributed by atoms with Crippen molar-refractivity contribution in [2.75, 3.05) is 0 Å². The molecule has 0 saturated carbocycles. The Labute approximate surface area is 102 Å². The van der Waals surface area contributed by atoms with Crippen LogP contribution in [0.1, 0.15) is 54.4 Å². The van der Waals surface area contributed by atoms with E-state index >= 15 is 0 Å². The van der Waals surface area contributed by atoms with E-state index in [4.69, 9.17) is 0 Å². The van der Waals surface area contributed by atoms with Crippen molar-refractivity contribution in [1.82, 2.24) is 0 Å². The number of hydrogen-bond acceptors (Lipinski definition) is 0. The minimum absolute atomic E-state index is 1.11. The second kappa shape index (κ2) is 12.0. The van der Waals surface area contributed by atoms with Gasteiger partial charge in [0.1, 0.15) is 0 Å². The Bertz CT molecular complexity index is 262. The Hall–Kier alpha value is -1.04. The van der Waals surface area contributed by atoms with Crippen molar-refractivity contribution >= 4 is 0 Å². The highest BCUT2D eigenvalue weighted by molar-refractivity contribution is 5.46. The largest absolute Gasteiger partial charge is 0.0952 e. The standard InChI is InChI=1S/C12H16.2C2H6/c1-4-7-10(2)12-9-6-5-8-11(12)3;2*1-2/h4,6-7,9H,3,5,8H2,1-2H3;2*1-2H3/b7-4-,12-10-;;. The molecule has 0 atom stereocenters. The first-order chi connectivity index (χ1) is 7.75. The fourth-order valence-corrected chi connectivity index (χ4v) is 1.46. The van der Waals surface area contributed by atoms with E-state index < -0.39 is 0 Å². The Morgan fingerprint density at radius 3 is 2.25 bits per heavy atom. The zero-order valence-corrected chi connectivity index (χ0v) is 11.9. The van der Waals surface area contributed by atoms with Gasteiger partial charge in [0, 0.05) is 0 Å². The van der Waals surface area contributed by atoms with Crippen molar-refractivity contribution in [1.29, 1.82) is 0 Å². The SMILES string of the molecule is C=C1CCC=C/C1=C(C)/C=C\C.CC.CC. The summed E-state index contributed by atoms with van der Waals surface area (Å²) in [6, 6.07) is 0. The molecule has 0 aliphatic heterocycles. The van der Waals surface area contributed by atoms with E-state index in [1.165, 1.54) is 16.7 Å². The maximum Gasteiger partial charge on any atom is -0.0204 e. The van der Waals surface area contributed by atoms with Gasteiger partial charge in [0.2, 0.25) is 0 Å². The number of allylic oxidation sites excluding steroid dienone is 7. The quantitative estimate of drug-likeness (QED) is 0.521. The van der Waals surface area contributed by atoms with Crippen LogP contribution in [0, 0.1) is 0 Å². The lowest BCUT2D eigenvalue weighted by atomic mass is 9.93. The van der Waals surface area contributed by atoms with Crippen LogP contribution in [0.25, 0.3) is 0 Å². The topological polar surface area (TPSA) is 0 Å². The summed E-state index contributed by atoms with van der Waals surface area (Å²) in [4.78, 5) is 0. The zero-order chi connectivity index (χ0) is 13.0. The van der Waals surface area contributed by atoms with Crippen molar-refractivity contribution < 1.29 is 0 Å². The summed E-state index contributed by atoms with van der Waals surface area (Å²) in [6.45, 7) is 16.2. The van der Waals surface area contributed by atoms with Crippen molar-refractivity contribution in [3.63, 3.8) is 0 Å². The summed E-state index contributed by atoms with van der Waals surface area (Å²) in [6.07, 6.45) is 10.9. The average molecular weight is 220 g/mol. The van der Waals surface area contributed by atoms with Gasteiger partial charge in [-0.2, -0.15) is 0 Å². The minimum atomic E-state index is 1.11. The summed E-state index contributed by atoms with van der Waals surface area (Å²) >= 11 is 0. The molecule has 0 saturated heterocycles. The third-order valence-corrected chi connectivity index (χ3v) is 2.12. The lowest BCUT2D eigenvalue weighted by Gasteiger charge is -2.12. The molecule has 1 aliphatic rings. The third kappa shape index (κ3) is 6.44. The molecule has 0 bridgehead atoms. The summed E-state index contributed by atoms with van der Waals surface area (Å²) in [5.41, 5.74) is 3.91. The Kier molecular flexibility index (Phi) is 13.1. The number of hydrogen-bond donors (Lipinski definition) is 0. The van der Waals surface area contributed by atoms with Crippen molar-refractivity contribution in [2.24, 2.45) is 0 Å². The van der Waals surface area contributed by atoms with Crippen molar-refractivity contribution in [3.05, 3.63) is 47.6 Å². The summed E-state index contributed by atoms with van der Waals surface area (Å²) in [5, 5.41) is 0. The molecule has 0 amide bonds. The van der Waals surface area contributed by atoms with Gasteiger partial charge < -0.3 is 0 Å². The van der Waals surface area contributed by atoms with Crippen LogP contribution in [0.2, 0.25) is 0 Å². The molecule has 92 valence electrons. The first-order valence-corrected chi connectivity index (χ1v) is 6.44. The molecule has 16 heavy (non-hydrogen) atoms. The lowest BCUT2D eigenvalue weighted by molar-refractivity contribution is 0.967. The molecule has 0 aromatic heterocycles. The Balaban J connectivity index is 0. The van der Waals surface area contributed by atoms with E-state index in [9.17, 15) is 0 Å². The van der Waals surface area contributed by atoms with Crippen LogP contribution in [0.5, 0.6) is 0 Å². The molecule has 0 fully saturated rings. The second-order valence-corrected chi connectivity index (χ2v) is 3.14. The first kappa shape index (κ1) is 17.4. The molecule has 1 aliphatic carbocycles. The highest BCUT2D eigenvalue weighted by atomic mass is 14.1. The van der Waals surface area contributed by atoms with Crippen LogP contribution in [0.4, 0.5) is 0 Å². The van der Waals surface area contributed by atoms with Crippen LogP contribution < -0.4 is 0 Å². The monoisotopic (exact) mass is 220 g/mol. The van der Waals surface area contributed by atoms with Gasteiger partial charge in [0.15, 0.2) is 0 Å². The minimum Gasteiger partial charge on any atom is -0.0952 e. The average Bonchev–Trinajstić information content (AvgIpc) is 2.35. The maximum atomic E-state index is 4.06.